The van der Waals surface area contributed by atoms with Crippen molar-refractivity contribution in [2.24, 2.45) is 0 Å². The van der Waals surface area contributed by atoms with Crippen LogP contribution in [-0.4, -0.2) is 25.7 Å². The molecule has 0 radical (unpaired) electrons. The van der Waals surface area contributed by atoms with E-state index in [1.165, 1.54) is 0 Å². The largest absolute Gasteiger partial charge is 0.495 e. The fourth-order valence-corrected chi connectivity index (χ4v) is 3.11. The molecule has 0 aliphatic carbocycles. The molecule has 28 heavy (non-hydrogen) atoms. The summed E-state index contributed by atoms with van der Waals surface area (Å²) in [6, 6.07) is 13.5. The van der Waals surface area contributed by atoms with Gasteiger partial charge in [0.1, 0.15) is 11.5 Å². The minimum Gasteiger partial charge on any atom is -0.495 e. The van der Waals surface area contributed by atoms with Crippen molar-refractivity contribution < 1.29 is 19.1 Å². The number of benzene rings is 2. The van der Waals surface area contributed by atoms with Gasteiger partial charge in [0.05, 0.1) is 31.0 Å². The summed E-state index contributed by atoms with van der Waals surface area (Å²) in [5.74, 6) is 0.958. The second-order valence-corrected chi connectivity index (χ2v) is 6.23. The summed E-state index contributed by atoms with van der Waals surface area (Å²) < 4.78 is 10.8. The Hall–Kier alpha value is -3.48. The lowest BCUT2D eigenvalue weighted by atomic mass is 9.94. The van der Waals surface area contributed by atoms with Gasteiger partial charge in [-0.1, -0.05) is 24.3 Å². The lowest BCUT2D eigenvalue weighted by molar-refractivity contribution is -0.113. The lowest BCUT2D eigenvalue weighted by Crippen LogP contribution is -2.45. The number of para-hydroxylation sites is 2. The van der Waals surface area contributed by atoms with Crippen LogP contribution in [0.3, 0.4) is 0 Å². The molecule has 1 heterocycles. The van der Waals surface area contributed by atoms with E-state index in [1.54, 1.807) is 26.2 Å². The van der Waals surface area contributed by atoms with Crippen LogP contribution in [0, 0.1) is 0 Å². The number of carbonyl (C=O) groups excluding carboxylic acids is 2. The third-order valence-electron chi connectivity index (χ3n) is 4.39. The second-order valence-electron chi connectivity index (χ2n) is 6.23. The number of nitrogens with one attached hydrogen (secondary N) is 3. The van der Waals surface area contributed by atoms with Gasteiger partial charge in [0.25, 0.3) is 5.91 Å². The van der Waals surface area contributed by atoms with Crippen LogP contribution in [0.25, 0.3) is 0 Å². The third-order valence-corrected chi connectivity index (χ3v) is 4.39. The SMILES string of the molecule is CCOc1ccc(C2NC(=O)NC(C)=C2C(=O)Nc2ccccc2OC)cc1. The van der Waals surface area contributed by atoms with Crippen LogP contribution in [-0.2, 0) is 4.79 Å². The van der Waals surface area contributed by atoms with Crippen molar-refractivity contribution in [3.63, 3.8) is 0 Å². The molecule has 1 aliphatic rings. The van der Waals surface area contributed by atoms with E-state index in [0.29, 0.717) is 29.3 Å². The fraction of sp³-hybridized carbons (Fsp3) is 0.238. The predicted octanol–water partition coefficient (Wildman–Crippen LogP) is 3.36. The van der Waals surface area contributed by atoms with Gasteiger partial charge in [-0.3, -0.25) is 4.79 Å². The normalized spacial score (nSPS) is 16.1. The first kappa shape index (κ1) is 19.3. The Kier molecular flexibility index (Phi) is 5.84. The van der Waals surface area contributed by atoms with E-state index in [0.717, 1.165) is 11.3 Å². The number of amides is 3. The number of ether oxygens (including phenoxy) is 2. The molecule has 3 amide bonds. The van der Waals surface area contributed by atoms with Crippen LogP contribution in [0.1, 0.15) is 25.5 Å². The minimum atomic E-state index is -0.584. The Morgan fingerprint density at radius 3 is 2.54 bits per heavy atom. The van der Waals surface area contributed by atoms with Gasteiger partial charge in [-0.05, 0) is 43.7 Å². The maximum atomic E-state index is 13.1. The Labute approximate surface area is 163 Å². The molecule has 3 N–H and O–H groups in total. The molecule has 7 heteroatoms. The molecular formula is C21H23N3O4. The molecule has 146 valence electrons. The average Bonchev–Trinajstić information content (AvgIpc) is 2.68. The maximum absolute atomic E-state index is 13.1. The highest BCUT2D eigenvalue weighted by molar-refractivity contribution is 6.07. The van der Waals surface area contributed by atoms with Crippen molar-refractivity contribution >= 4 is 17.6 Å². The quantitative estimate of drug-likeness (QED) is 0.716. The van der Waals surface area contributed by atoms with Crippen molar-refractivity contribution in [3.05, 3.63) is 65.4 Å². The fourth-order valence-electron chi connectivity index (χ4n) is 3.11. The van der Waals surface area contributed by atoms with Gasteiger partial charge in [0.2, 0.25) is 0 Å². The Morgan fingerprint density at radius 1 is 1.14 bits per heavy atom. The standard InChI is InChI=1S/C21H23N3O4/c1-4-28-15-11-9-14(10-12-15)19-18(13(2)22-21(26)24-19)20(25)23-16-7-5-6-8-17(16)27-3/h5-12,19H,4H2,1-3H3,(H,23,25)(H2,22,24,26). The minimum absolute atomic E-state index is 0.326. The summed E-state index contributed by atoms with van der Waals surface area (Å²) in [7, 11) is 1.54. The Bertz CT molecular complexity index is 906. The van der Waals surface area contributed by atoms with Crippen molar-refractivity contribution in [1.29, 1.82) is 0 Å². The molecule has 0 spiro atoms. The van der Waals surface area contributed by atoms with Gasteiger partial charge in [-0.2, -0.15) is 0 Å². The van der Waals surface area contributed by atoms with Crippen LogP contribution in [0.5, 0.6) is 11.5 Å². The molecule has 2 aromatic rings. The predicted molar refractivity (Wildman–Crippen MR) is 106 cm³/mol. The highest BCUT2D eigenvalue weighted by Crippen LogP contribution is 2.30. The molecule has 0 fully saturated rings. The topological polar surface area (TPSA) is 88.7 Å². The van der Waals surface area contributed by atoms with Crippen LogP contribution >= 0.6 is 0 Å². The number of urea groups is 1. The van der Waals surface area contributed by atoms with Crippen molar-refractivity contribution in [3.8, 4) is 11.5 Å². The monoisotopic (exact) mass is 381 g/mol. The van der Waals surface area contributed by atoms with Gasteiger partial charge in [0.15, 0.2) is 0 Å². The number of hydrogen-bond acceptors (Lipinski definition) is 4. The summed E-state index contributed by atoms with van der Waals surface area (Å²) >= 11 is 0. The molecule has 2 aromatic carbocycles. The zero-order valence-electron chi connectivity index (χ0n) is 16.0. The molecule has 0 bridgehead atoms. The van der Waals surface area contributed by atoms with Crippen LogP contribution in [0.4, 0.5) is 10.5 Å². The zero-order chi connectivity index (χ0) is 20.1. The van der Waals surface area contributed by atoms with Gasteiger partial charge < -0.3 is 25.4 Å². The zero-order valence-corrected chi connectivity index (χ0v) is 16.0. The van der Waals surface area contributed by atoms with E-state index in [-0.39, 0.29) is 11.9 Å². The maximum Gasteiger partial charge on any atom is 0.319 e. The van der Waals surface area contributed by atoms with Crippen LogP contribution in [0.15, 0.2) is 59.8 Å². The molecule has 7 nitrogen and oxygen atoms in total. The van der Waals surface area contributed by atoms with E-state index >= 15 is 0 Å². The smallest absolute Gasteiger partial charge is 0.319 e. The first-order valence-corrected chi connectivity index (χ1v) is 8.99. The Balaban J connectivity index is 1.92. The first-order chi connectivity index (χ1) is 13.5. The van der Waals surface area contributed by atoms with Gasteiger partial charge in [-0.25, -0.2) is 4.79 Å². The summed E-state index contributed by atoms with van der Waals surface area (Å²) in [6.07, 6.45) is 0. The van der Waals surface area contributed by atoms with Gasteiger partial charge in [-0.15, -0.1) is 0 Å². The number of hydrogen-bond donors (Lipinski definition) is 3. The molecule has 3 rings (SSSR count). The highest BCUT2D eigenvalue weighted by atomic mass is 16.5. The number of methoxy groups -OCH3 is 1. The third kappa shape index (κ3) is 4.09. The second kappa shape index (κ2) is 8.47. The number of carbonyl (C=O) groups is 2. The van der Waals surface area contributed by atoms with E-state index in [2.05, 4.69) is 16.0 Å². The summed E-state index contributed by atoms with van der Waals surface area (Å²) in [5.41, 5.74) is 2.25. The summed E-state index contributed by atoms with van der Waals surface area (Å²) in [4.78, 5) is 25.1. The van der Waals surface area contributed by atoms with E-state index in [4.69, 9.17) is 9.47 Å². The molecular weight excluding hydrogens is 358 g/mol. The van der Waals surface area contributed by atoms with Crippen LogP contribution in [0.2, 0.25) is 0 Å². The van der Waals surface area contributed by atoms with Crippen molar-refractivity contribution in [2.75, 3.05) is 19.0 Å². The molecule has 0 aromatic heterocycles. The van der Waals surface area contributed by atoms with Gasteiger partial charge in [0, 0.05) is 5.70 Å². The van der Waals surface area contributed by atoms with Crippen molar-refractivity contribution in [2.45, 2.75) is 19.9 Å². The van der Waals surface area contributed by atoms with E-state index in [1.807, 2.05) is 43.3 Å². The first-order valence-electron chi connectivity index (χ1n) is 8.99. The Morgan fingerprint density at radius 2 is 1.86 bits per heavy atom. The van der Waals surface area contributed by atoms with Crippen molar-refractivity contribution in [1.82, 2.24) is 10.6 Å². The number of anilines is 1. The highest BCUT2D eigenvalue weighted by Gasteiger charge is 2.31. The molecule has 1 unspecified atom stereocenters. The molecule has 1 aliphatic heterocycles. The number of rotatable bonds is 6. The van der Waals surface area contributed by atoms with E-state index < -0.39 is 6.04 Å². The van der Waals surface area contributed by atoms with Gasteiger partial charge >= 0.3 is 6.03 Å². The van der Waals surface area contributed by atoms with E-state index in [9.17, 15) is 9.59 Å². The lowest BCUT2D eigenvalue weighted by Gasteiger charge is -2.29. The summed E-state index contributed by atoms with van der Waals surface area (Å²) in [5, 5.41) is 8.36. The summed E-state index contributed by atoms with van der Waals surface area (Å²) in [6.45, 7) is 4.18. The molecule has 0 saturated carbocycles. The molecule has 1 atom stereocenters. The molecule has 0 saturated heterocycles. The van der Waals surface area contributed by atoms with Crippen LogP contribution < -0.4 is 25.4 Å². The average molecular weight is 381 g/mol. The number of allylic oxidation sites excluding steroid dienone is 1.